The Kier molecular flexibility index (Phi) is 2.82. The molecule has 0 spiro atoms. The molecule has 1 aromatic heterocycles. The second-order valence-electron chi connectivity index (χ2n) is 6.66. The highest BCUT2D eigenvalue weighted by Gasteiger charge is 2.59. The molecule has 0 bridgehead atoms. The molecule has 1 aliphatic carbocycles. The topological polar surface area (TPSA) is 39.1 Å². The molecule has 2 heterocycles. The Labute approximate surface area is 125 Å². The van der Waals surface area contributed by atoms with Crippen molar-refractivity contribution < 1.29 is 4.74 Å². The maximum atomic E-state index is 5.88. The third-order valence-electron chi connectivity index (χ3n) is 5.07. The highest BCUT2D eigenvalue weighted by Crippen LogP contribution is 2.53. The van der Waals surface area contributed by atoms with Crippen LogP contribution in [0.15, 0.2) is 42.7 Å². The Hall–Kier alpha value is -1.81. The molecule has 0 radical (unpaired) electrons. The van der Waals surface area contributed by atoms with Gasteiger partial charge in [-0.25, -0.2) is 4.68 Å². The van der Waals surface area contributed by atoms with Gasteiger partial charge in [-0.1, -0.05) is 26.0 Å². The van der Waals surface area contributed by atoms with Gasteiger partial charge >= 0.3 is 0 Å². The van der Waals surface area contributed by atoms with Crippen LogP contribution < -0.4 is 5.32 Å². The van der Waals surface area contributed by atoms with E-state index in [4.69, 9.17) is 4.74 Å². The Morgan fingerprint density at radius 2 is 2.14 bits per heavy atom. The number of rotatable bonds is 3. The summed E-state index contributed by atoms with van der Waals surface area (Å²) in [4.78, 5) is 0. The van der Waals surface area contributed by atoms with Crippen LogP contribution in [0.4, 0.5) is 5.69 Å². The number of anilines is 1. The van der Waals surface area contributed by atoms with Crippen molar-refractivity contribution in [3.8, 4) is 5.69 Å². The summed E-state index contributed by atoms with van der Waals surface area (Å²) in [5.74, 6) is 0.630. The molecule has 1 aliphatic heterocycles. The molecule has 3 unspecified atom stereocenters. The lowest BCUT2D eigenvalue weighted by Gasteiger charge is -2.55. The number of ether oxygens (including phenoxy) is 1. The van der Waals surface area contributed by atoms with E-state index in [0.717, 1.165) is 24.4 Å². The van der Waals surface area contributed by atoms with Crippen molar-refractivity contribution >= 4 is 5.69 Å². The second-order valence-corrected chi connectivity index (χ2v) is 6.66. The van der Waals surface area contributed by atoms with Crippen LogP contribution in [0.25, 0.3) is 5.69 Å². The SMILES string of the molecule is CC1(C)C(Nc2ccccc2-n2cccn2)C2CCOC21. The lowest BCUT2D eigenvalue weighted by Crippen LogP contribution is -2.63. The largest absolute Gasteiger partial charge is 0.380 e. The van der Waals surface area contributed by atoms with Crippen LogP contribution in [0, 0.1) is 11.3 Å². The van der Waals surface area contributed by atoms with E-state index in [2.05, 4.69) is 48.5 Å². The van der Waals surface area contributed by atoms with E-state index in [9.17, 15) is 0 Å². The fraction of sp³-hybridized carbons (Fsp3) is 0.471. The summed E-state index contributed by atoms with van der Waals surface area (Å²) in [6, 6.07) is 10.8. The number of aromatic nitrogens is 2. The summed E-state index contributed by atoms with van der Waals surface area (Å²) >= 11 is 0. The summed E-state index contributed by atoms with van der Waals surface area (Å²) in [7, 11) is 0. The lowest BCUT2D eigenvalue weighted by molar-refractivity contribution is -0.0923. The van der Waals surface area contributed by atoms with Gasteiger partial charge in [0, 0.05) is 36.4 Å². The number of hydrogen-bond donors (Lipinski definition) is 1. The van der Waals surface area contributed by atoms with Crippen molar-refractivity contribution in [1.82, 2.24) is 9.78 Å². The molecule has 3 atom stereocenters. The lowest BCUT2D eigenvalue weighted by atomic mass is 9.57. The summed E-state index contributed by atoms with van der Waals surface area (Å²) in [5, 5.41) is 8.11. The highest BCUT2D eigenvalue weighted by molar-refractivity contribution is 5.61. The molecule has 4 rings (SSSR count). The minimum absolute atomic E-state index is 0.179. The fourth-order valence-electron chi connectivity index (χ4n) is 3.99. The van der Waals surface area contributed by atoms with Gasteiger partial charge in [-0.05, 0) is 24.6 Å². The van der Waals surface area contributed by atoms with Gasteiger partial charge in [-0.15, -0.1) is 0 Å². The number of benzene rings is 1. The minimum atomic E-state index is 0.179. The molecule has 1 saturated heterocycles. The molecule has 2 fully saturated rings. The van der Waals surface area contributed by atoms with Crippen LogP contribution in [0.2, 0.25) is 0 Å². The molecule has 4 heteroatoms. The number of hydrogen-bond acceptors (Lipinski definition) is 3. The minimum Gasteiger partial charge on any atom is -0.380 e. The molecule has 2 aromatic rings. The maximum Gasteiger partial charge on any atom is 0.0876 e. The van der Waals surface area contributed by atoms with Crippen molar-refractivity contribution in [2.24, 2.45) is 11.3 Å². The van der Waals surface area contributed by atoms with Crippen molar-refractivity contribution in [3.05, 3.63) is 42.7 Å². The van der Waals surface area contributed by atoms with Crippen LogP contribution in [0.1, 0.15) is 20.3 Å². The number of nitrogens with one attached hydrogen (secondary N) is 1. The second kappa shape index (κ2) is 4.60. The third kappa shape index (κ3) is 1.89. The van der Waals surface area contributed by atoms with Gasteiger partial charge in [0.2, 0.25) is 0 Å². The van der Waals surface area contributed by atoms with E-state index >= 15 is 0 Å². The van der Waals surface area contributed by atoms with Crippen LogP contribution in [0.5, 0.6) is 0 Å². The maximum absolute atomic E-state index is 5.88. The zero-order valence-corrected chi connectivity index (χ0v) is 12.5. The molecule has 21 heavy (non-hydrogen) atoms. The molecule has 0 amide bonds. The first-order valence-electron chi connectivity index (χ1n) is 7.65. The molecular formula is C17H21N3O. The summed E-state index contributed by atoms with van der Waals surface area (Å²) in [6.07, 6.45) is 5.36. The van der Waals surface area contributed by atoms with E-state index < -0.39 is 0 Å². The van der Waals surface area contributed by atoms with Crippen LogP contribution >= 0.6 is 0 Å². The van der Waals surface area contributed by atoms with Gasteiger partial charge in [0.1, 0.15) is 0 Å². The Balaban J connectivity index is 1.64. The van der Waals surface area contributed by atoms with Gasteiger partial charge in [0.15, 0.2) is 0 Å². The van der Waals surface area contributed by atoms with Gasteiger partial charge in [-0.2, -0.15) is 5.10 Å². The average molecular weight is 283 g/mol. The first kappa shape index (κ1) is 12.9. The molecule has 110 valence electrons. The Morgan fingerprint density at radius 1 is 1.29 bits per heavy atom. The fourth-order valence-corrected chi connectivity index (χ4v) is 3.99. The Morgan fingerprint density at radius 3 is 2.95 bits per heavy atom. The Bertz CT molecular complexity index is 635. The van der Waals surface area contributed by atoms with E-state index in [1.165, 1.54) is 0 Å². The molecule has 1 N–H and O–H groups in total. The molecule has 4 nitrogen and oxygen atoms in total. The monoisotopic (exact) mass is 283 g/mol. The molecule has 2 aliphatic rings. The van der Waals surface area contributed by atoms with Crippen molar-refractivity contribution in [3.63, 3.8) is 0 Å². The normalized spacial score (nSPS) is 29.7. The van der Waals surface area contributed by atoms with E-state index in [1.807, 2.05) is 23.1 Å². The number of nitrogens with zero attached hydrogens (tertiary/aromatic N) is 2. The van der Waals surface area contributed by atoms with Gasteiger partial charge in [0.05, 0.1) is 17.5 Å². The van der Waals surface area contributed by atoms with Crippen molar-refractivity contribution in [2.75, 3.05) is 11.9 Å². The first-order valence-corrected chi connectivity index (χ1v) is 7.65. The van der Waals surface area contributed by atoms with E-state index in [-0.39, 0.29) is 5.41 Å². The average Bonchev–Trinajstić information content (AvgIpc) is 3.15. The van der Waals surface area contributed by atoms with Crippen LogP contribution in [0.3, 0.4) is 0 Å². The van der Waals surface area contributed by atoms with E-state index in [0.29, 0.717) is 18.1 Å². The first-order chi connectivity index (χ1) is 10.2. The number of fused-ring (bicyclic) bond motifs is 1. The third-order valence-corrected chi connectivity index (χ3v) is 5.07. The smallest absolute Gasteiger partial charge is 0.0876 e. The van der Waals surface area contributed by atoms with Crippen LogP contribution in [-0.2, 0) is 4.74 Å². The summed E-state index contributed by atoms with van der Waals surface area (Å²) < 4.78 is 7.79. The molecule has 1 aromatic carbocycles. The van der Waals surface area contributed by atoms with Crippen molar-refractivity contribution in [1.29, 1.82) is 0 Å². The molecular weight excluding hydrogens is 262 g/mol. The zero-order valence-electron chi connectivity index (χ0n) is 12.5. The standard InChI is InChI=1S/C17H21N3O/c1-17(2)15(12-8-11-21-16(12)17)19-13-6-3-4-7-14(13)20-10-5-9-18-20/h3-7,9-10,12,15-16,19H,8,11H2,1-2H3. The highest BCUT2D eigenvalue weighted by atomic mass is 16.5. The summed E-state index contributed by atoms with van der Waals surface area (Å²) in [5.41, 5.74) is 2.42. The van der Waals surface area contributed by atoms with E-state index in [1.54, 1.807) is 0 Å². The van der Waals surface area contributed by atoms with Crippen LogP contribution in [-0.4, -0.2) is 28.5 Å². The van der Waals surface area contributed by atoms with Gasteiger partial charge in [0.25, 0.3) is 0 Å². The number of para-hydroxylation sites is 2. The van der Waals surface area contributed by atoms with Gasteiger partial charge in [-0.3, -0.25) is 0 Å². The quantitative estimate of drug-likeness (QED) is 0.941. The molecule has 1 saturated carbocycles. The predicted molar refractivity (Wildman–Crippen MR) is 82.6 cm³/mol. The summed E-state index contributed by atoms with van der Waals surface area (Å²) in [6.45, 7) is 5.50. The van der Waals surface area contributed by atoms with Gasteiger partial charge < -0.3 is 10.1 Å². The van der Waals surface area contributed by atoms with Crippen molar-refractivity contribution in [2.45, 2.75) is 32.4 Å². The zero-order chi connectivity index (χ0) is 14.4. The predicted octanol–water partition coefficient (Wildman–Crippen LogP) is 3.10.